The molecule has 3 nitrogen and oxygen atoms in total. The van der Waals surface area contributed by atoms with Gasteiger partial charge >= 0.3 is 0 Å². The molecule has 2 heterocycles. The van der Waals surface area contributed by atoms with E-state index in [0.717, 1.165) is 25.3 Å². The zero-order chi connectivity index (χ0) is 6.81. The molecule has 3 heteroatoms. The van der Waals surface area contributed by atoms with Crippen LogP contribution < -0.4 is 5.32 Å². The summed E-state index contributed by atoms with van der Waals surface area (Å²) in [5.41, 5.74) is 0. The van der Waals surface area contributed by atoms with E-state index < -0.39 is 0 Å². The molecule has 0 saturated carbocycles. The minimum Gasteiger partial charge on any atom is -0.386 e. The van der Waals surface area contributed by atoms with Crippen LogP contribution in [-0.2, 0) is 4.84 Å². The summed E-state index contributed by atoms with van der Waals surface area (Å²) in [6, 6.07) is 0. The monoisotopic (exact) mass is 138 g/mol. The topological polar surface area (TPSA) is 24.5 Å². The first-order valence-electron chi connectivity index (χ1n) is 3.52. The highest BCUT2D eigenvalue weighted by molar-refractivity contribution is 5.11. The third-order valence-corrected chi connectivity index (χ3v) is 1.63. The number of allylic oxidation sites excluding steroid dienone is 2. The summed E-state index contributed by atoms with van der Waals surface area (Å²) < 4.78 is 0. The van der Waals surface area contributed by atoms with Crippen LogP contribution >= 0.6 is 0 Å². The first-order chi connectivity index (χ1) is 4.97. The van der Waals surface area contributed by atoms with Crippen molar-refractivity contribution < 1.29 is 4.84 Å². The van der Waals surface area contributed by atoms with Gasteiger partial charge in [0.25, 0.3) is 0 Å². The van der Waals surface area contributed by atoms with E-state index in [9.17, 15) is 0 Å². The maximum atomic E-state index is 5.20. The fraction of sp³-hybridized carbons (Fsp3) is 0.429. The largest absolute Gasteiger partial charge is 0.386 e. The SMILES string of the molecule is C1=CON2CCCNC2=C1. The van der Waals surface area contributed by atoms with Crippen molar-refractivity contribution in [2.45, 2.75) is 6.42 Å². The third kappa shape index (κ3) is 0.835. The van der Waals surface area contributed by atoms with Crippen LogP contribution in [0.3, 0.4) is 0 Å². The van der Waals surface area contributed by atoms with Crippen LogP contribution in [0.15, 0.2) is 24.2 Å². The molecule has 1 fully saturated rings. The zero-order valence-electron chi connectivity index (χ0n) is 5.71. The lowest BCUT2D eigenvalue weighted by molar-refractivity contribution is -0.0885. The van der Waals surface area contributed by atoms with E-state index in [4.69, 9.17) is 4.84 Å². The second kappa shape index (κ2) is 2.25. The molecule has 0 aromatic rings. The number of hydrogen-bond acceptors (Lipinski definition) is 3. The van der Waals surface area contributed by atoms with E-state index in [-0.39, 0.29) is 0 Å². The van der Waals surface area contributed by atoms with Crippen LogP contribution in [0.2, 0.25) is 0 Å². The summed E-state index contributed by atoms with van der Waals surface area (Å²) in [7, 11) is 0. The molecule has 0 radical (unpaired) electrons. The maximum Gasteiger partial charge on any atom is 0.137 e. The van der Waals surface area contributed by atoms with Crippen LogP contribution in [0.1, 0.15) is 6.42 Å². The Balaban J connectivity index is 2.14. The van der Waals surface area contributed by atoms with Gasteiger partial charge < -0.3 is 10.2 Å². The molecule has 0 aromatic heterocycles. The molecule has 54 valence electrons. The lowest BCUT2D eigenvalue weighted by Crippen LogP contribution is -2.39. The molecule has 0 spiro atoms. The van der Waals surface area contributed by atoms with Crippen LogP contribution in [-0.4, -0.2) is 18.2 Å². The van der Waals surface area contributed by atoms with Gasteiger partial charge in [0.2, 0.25) is 0 Å². The fourth-order valence-electron chi connectivity index (χ4n) is 1.14. The molecule has 0 aliphatic carbocycles. The standard InChI is InChI=1S/C7H10N2O/c1-3-7-8-4-2-5-9(7)10-6-1/h1,3,6,8H,2,4-5H2. The molecule has 1 saturated heterocycles. The molecule has 0 aromatic carbocycles. The van der Waals surface area contributed by atoms with Gasteiger partial charge in [-0.15, -0.1) is 0 Å². The number of hydroxylamine groups is 2. The quantitative estimate of drug-likeness (QED) is 0.530. The molecule has 0 atom stereocenters. The van der Waals surface area contributed by atoms with Crippen LogP contribution in [0.5, 0.6) is 0 Å². The molecule has 10 heavy (non-hydrogen) atoms. The molecule has 2 aliphatic rings. The molecule has 2 rings (SSSR count). The first kappa shape index (κ1) is 5.65. The molecule has 0 unspecified atom stereocenters. The van der Waals surface area contributed by atoms with E-state index in [1.807, 2.05) is 17.2 Å². The number of rotatable bonds is 0. The summed E-state index contributed by atoms with van der Waals surface area (Å²) in [6.45, 7) is 2.04. The highest BCUT2D eigenvalue weighted by atomic mass is 16.7. The lowest BCUT2D eigenvalue weighted by atomic mass is 10.3. The normalized spacial score (nSPS) is 22.4. The van der Waals surface area contributed by atoms with Crippen molar-refractivity contribution in [3.05, 3.63) is 24.2 Å². The number of fused-ring (bicyclic) bond motifs is 1. The van der Waals surface area contributed by atoms with Crippen molar-refractivity contribution in [3.63, 3.8) is 0 Å². The third-order valence-electron chi connectivity index (χ3n) is 1.63. The predicted molar refractivity (Wildman–Crippen MR) is 37.6 cm³/mol. The Morgan fingerprint density at radius 2 is 2.60 bits per heavy atom. The van der Waals surface area contributed by atoms with E-state index in [2.05, 4.69) is 5.32 Å². The van der Waals surface area contributed by atoms with Gasteiger partial charge in [-0.1, -0.05) is 0 Å². The second-order valence-corrected chi connectivity index (χ2v) is 2.37. The minimum atomic E-state index is 0.989. The highest BCUT2D eigenvalue weighted by Crippen LogP contribution is 2.11. The summed E-state index contributed by atoms with van der Waals surface area (Å²) in [5.74, 6) is 1.08. The summed E-state index contributed by atoms with van der Waals surface area (Å²) in [4.78, 5) is 5.20. The average Bonchev–Trinajstić information content (AvgIpc) is 2.05. The Hall–Kier alpha value is -1.12. The lowest BCUT2D eigenvalue weighted by Gasteiger charge is -2.31. The highest BCUT2D eigenvalue weighted by Gasteiger charge is 2.15. The number of nitrogens with one attached hydrogen (secondary N) is 1. The van der Waals surface area contributed by atoms with Crippen molar-refractivity contribution in [1.82, 2.24) is 10.4 Å². The van der Waals surface area contributed by atoms with E-state index >= 15 is 0 Å². The van der Waals surface area contributed by atoms with Gasteiger partial charge in [-0.3, -0.25) is 0 Å². The van der Waals surface area contributed by atoms with E-state index in [0.29, 0.717) is 0 Å². The Morgan fingerprint density at radius 1 is 1.60 bits per heavy atom. The van der Waals surface area contributed by atoms with E-state index in [1.54, 1.807) is 6.26 Å². The van der Waals surface area contributed by atoms with Crippen molar-refractivity contribution >= 4 is 0 Å². The van der Waals surface area contributed by atoms with Gasteiger partial charge in [0.05, 0.1) is 6.54 Å². The number of hydrogen-bond donors (Lipinski definition) is 1. The van der Waals surface area contributed by atoms with Gasteiger partial charge in [-0.05, 0) is 18.6 Å². The maximum absolute atomic E-state index is 5.20. The Morgan fingerprint density at radius 3 is 3.50 bits per heavy atom. The summed E-state index contributed by atoms with van der Waals surface area (Å²) >= 11 is 0. The number of nitrogens with zero attached hydrogens (tertiary/aromatic N) is 1. The molecule has 1 N–H and O–H groups in total. The fourth-order valence-corrected chi connectivity index (χ4v) is 1.14. The van der Waals surface area contributed by atoms with Crippen molar-refractivity contribution in [2.24, 2.45) is 0 Å². The molecule has 0 amide bonds. The Kier molecular flexibility index (Phi) is 1.27. The van der Waals surface area contributed by atoms with Crippen molar-refractivity contribution in [2.75, 3.05) is 13.1 Å². The Labute approximate surface area is 59.9 Å². The van der Waals surface area contributed by atoms with Gasteiger partial charge in [0, 0.05) is 6.54 Å². The van der Waals surface area contributed by atoms with Gasteiger partial charge in [0.1, 0.15) is 12.1 Å². The average molecular weight is 138 g/mol. The van der Waals surface area contributed by atoms with Crippen molar-refractivity contribution in [1.29, 1.82) is 0 Å². The second-order valence-electron chi connectivity index (χ2n) is 2.37. The first-order valence-corrected chi connectivity index (χ1v) is 3.52. The molecular weight excluding hydrogens is 128 g/mol. The van der Waals surface area contributed by atoms with Gasteiger partial charge in [0.15, 0.2) is 0 Å². The van der Waals surface area contributed by atoms with Gasteiger partial charge in [-0.25, -0.2) is 0 Å². The summed E-state index contributed by atoms with van der Waals surface area (Å²) in [5, 5.41) is 5.10. The van der Waals surface area contributed by atoms with Crippen LogP contribution in [0.25, 0.3) is 0 Å². The summed E-state index contributed by atoms with van der Waals surface area (Å²) in [6.07, 6.45) is 6.74. The van der Waals surface area contributed by atoms with Gasteiger partial charge in [-0.2, -0.15) is 5.06 Å². The van der Waals surface area contributed by atoms with Crippen molar-refractivity contribution in [3.8, 4) is 0 Å². The zero-order valence-corrected chi connectivity index (χ0v) is 5.71. The molecule has 2 aliphatic heterocycles. The predicted octanol–water partition coefficient (Wildman–Crippen LogP) is 0.582. The molecule has 0 bridgehead atoms. The van der Waals surface area contributed by atoms with E-state index in [1.165, 1.54) is 0 Å². The molecular formula is C7H10N2O. The van der Waals surface area contributed by atoms with Crippen LogP contribution in [0, 0.1) is 0 Å². The van der Waals surface area contributed by atoms with Crippen LogP contribution in [0.4, 0.5) is 0 Å². The minimum absolute atomic E-state index is 0.989. The Bertz CT molecular complexity index is 186. The smallest absolute Gasteiger partial charge is 0.137 e.